The average molecular weight is 326 g/mol. The first-order valence-corrected chi connectivity index (χ1v) is 7.31. The summed E-state index contributed by atoms with van der Waals surface area (Å²) in [5.74, 6) is 0. The molecule has 0 amide bonds. The number of fused-ring (bicyclic) bond motifs is 3. The van der Waals surface area contributed by atoms with Crippen LogP contribution in [0.25, 0.3) is 21.5 Å². The van der Waals surface area contributed by atoms with Gasteiger partial charge in [0.2, 0.25) is 0 Å². The number of nitrogen functional groups attached to an aromatic ring is 8. The Balaban J connectivity index is 2.87. The van der Waals surface area contributed by atoms with Gasteiger partial charge in [-0.2, -0.15) is 0 Å². The monoisotopic (exact) mass is 326 g/mol. The molecule has 24 heavy (non-hydrogen) atoms. The highest BCUT2D eigenvalue weighted by atomic mass is 14.8. The first-order valence-electron chi connectivity index (χ1n) is 7.31. The molecule has 0 unspecified atom stereocenters. The van der Waals surface area contributed by atoms with Gasteiger partial charge in [0.25, 0.3) is 0 Å². The van der Waals surface area contributed by atoms with Gasteiger partial charge in [0.05, 0.1) is 34.1 Å². The van der Waals surface area contributed by atoms with Gasteiger partial charge in [-0.25, -0.2) is 0 Å². The molecular weight excluding hydrogens is 304 g/mol. The summed E-state index contributed by atoms with van der Waals surface area (Å²) >= 11 is 0. The summed E-state index contributed by atoms with van der Waals surface area (Å²) in [7, 11) is 0. The van der Waals surface area contributed by atoms with E-state index in [1.807, 2.05) is 0 Å². The molecule has 0 aliphatic rings. The van der Waals surface area contributed by atoms with Crippen LogP contribution in [0.15, 0.2) is 0 Å². The summed E-state index contributed by atoms with van der Waals surface area (Å²) in [5.41, 5.74) is 53.7. The number of anilines is 8. The zero-order valence-corrected chi connectivity index (χ0v) is 13.6. The first kappa shape index (κ1) is 15.5. The van der Waals surface area contributed by atoms with Crippen molar-refractivity contribution in [1.82, 2.24) is 0 Å². The van der Waals surface area contributed by atoms with Gasteiger partial charge in [0, 0.05) is 32.9 Å². The Labute approximate surface area is 138 Å². The molecule has 0 radical (unpaired) electrons. The molecule has 0 aromatic heterocycles. The third-order valence-electron chi connectivity index (χ3n) is 4.85. The first-order chi connectivity index (χ1) is 11.1. The minimum absolute atomic E-state index is 0.292. The highest BCUT2D eigenvalue weighted by Crippen LogP contribution is 2.51. The average Bonchev–Trinajstić information content (AvgIpc) is 2.56. The lowest BCUT2D eigenvalue weighted by molar-refractivity contribution is 1.49. The smallest absolute Gasteiger partial charge is 0.0656 e. The van der Waals surface area contributed by atoms with Gasteiger partial charge in [-0.3, -0.25) is 0 Å². The largest absolute Gasteiger partial charge is 0.398 e. The van der Waals surface area contributed by atoms with E-state index < -0.39 is 0 Å². The zero-order chi connectivity index (χ0) is 18.1. The summed E-state index contributed by atoms with van der Waals surface area (Å²) < 4.78 is 0. The van der Waals surface area contributed by atoms with Gasteiger partial charge < -0.3 is 45.9 Å². The summed E-state index contributed by atoms with van der Waals surface area (Å²) in [5, 5.41) is 2.07. The van der Waals surface area contributed by atoms with Crippen LogP contribution < -0.4 is 45.9 Å². The highest BCUT2D eigenvalue weighted by Gasteiger charge is 2.23. The number of nitrogens with two attached hydrogens (primary N) is 8. The number of rotatable bonds is 0. The molecular formula is C16H22N8. The van der Waals surface area contributed by atoms with Crippen molar-refractivity contribution in [3.05, 3.63) is 11.1 Å². The maximum atomic E-state index is 6.27. The Hall–Kier alpha value is -3.42. The minimum atomic E-state index is 0.292. The third-order valence-corrected chi connectivity index (χ3v) is 4.85. The van der Waals surface area contributed by atoms with Crippen LogP contribution in [0.1, 0.15) is 11.1 Å². The predicted molar refractivity (Wildman–Crippen MR) is 106 cm³/mol. The molecule has 0 aliphatic heterocycles. The summed E-state index contributed by atoms with van der Waals surface area (Å²) in [6, 6.07) is 0. The molecule has 0 heterocycles. The van der Waals surface area contributed by atoms with E-state index in [0.29, 0.717) is 78.2 Å². The molecule has 8 heteroatoms. The Kier molecular flexibility index (Phi) is 2.93. The van der Waals surface area contributed by atoms with E-state index >= 15 is 0 Å². The van der Waals surface area contributed by atoms with Crippen LogP contribution in [0.3, 0.4) is 0 Å². The van der Waals surface area contributed by atoms with Gasteiger partial charge in [0.15, 0.2) is 0 Å². The minimum Gasteiger partial charge on any atom is -0.398 e. The van der Waals surface area contributed by atoms with Crippen molar-refractivity contribution >= 4 is 67.0 Å². The van der Waals surface area contributed by atoms with Crippen LogP contribution >= 0.6 is 0 Å². The van der Waals surface area contributed by atoms with Crippen molar-refractivity contribution in [3.8, 4) is 0 Å². The lowest BCUT2D eigenvalue weighted by Gasteiger charge is -2.22. The van der Waals surface area contributed by atoms with Crippen LogP contribution in [0, 0.1) is 13.8 Å². The lowest BCUT2D eigenvalue weighted by Crippen LogP contribution is -2.10. The topological polar surface area (TPSA) is 208 Å². The summed E-state index contributed by atoms with van der Waals surface area (Å²) in [6.07, 6.45) is 0. The molecule has 0 saturated heterocycles. The van der Waals surface area contributed by atoms with Crippen LogP contribution in [-0.2, 0) is 0 Å². The molecule has 0 aliphatic carbocycles. The molecule has 0 saturated carbocycles. The quantitative estimate of drug-likeness (QED) is 0.171. The second-order valence-corrected chi connectivity index (χ2v) is 6.06. The van der Waals surface area contributed by atoms with Crippen LogP contribution in [0.5, 0.6) is 0 Å². The second-order valence-electron chi connectivity index (χ2n) is 6.06. The van der Waals surface area contributed by atoms with Crippen molar-refractivity contribution < 1.29 is 0 Å². The molecule has 3 aromatic carbocycles. The molecule has 0 bridgehead atoms. The molecule has 0 atom stereocenters. The van der Waals surface area contributed by atoms with E-state index in [-0.39, 0.29) is 0 Å². The molecule has 0 fully saturated rings. The standard InChI is InChI=1S/C16H22N8/c1-3-9(17)7-5(13(21)11(3)19)6-8(16(24)15(7)23)10(18)4(2)12(20)14(6)22/h17-24H2,1-2H3. The fraction of sp³-hybridized carbons (Fsp3) is 0.125. The Morgan fingerprint density at radius 1 is 0.333 bits per heavy atom. The van der Waals surface area contributed by atoms with E-state index in [0.717, 1.165) is 0 Å². The van der Waals surface area contributed by atoms with Crippen LogP contribution in [0.4, 0.5) is 45.5 Å². The predicted octanol–water partition coefficient (Wildman–Crippen LogP) is 1.27. The van der Waals surface area contributed by atoms with Gasteiger partial charge in [-0.1, -0.05) is 0 Å². The summed E-state index contributed by atoms with van der Waals surface area (Å²) in [6.45, 7) is 3.53. The maximum absolute atomic E-state index is 6.27. The van der Waals surface area contributed by atoms with E-state index in [2.05, 4.69) is 0 Å². The molecule has 8 nitrogen and oxygen atoms in total. The molecule has 3 rings (SSSR count). The van der Waals surface area contributed by atoms with Crippen molar-refractivity contribution in [2.75, 3.05) is 45.9 Å². The van der Waals surface area contributed by atoms with Gasteiger partial charge in [-0.05, 0) is 25.0 Å². The Bertz CT molecular complexity index is 968. The second kappa shape index (κ2) is 4.54. The van der Waals surface area contributed by atoms with E-state index in [1.54, 1.807) is 13.8 Å². The Morgan fingerprint density at radius 3 is 0.875 bits per heavy atom. The van der Waals surface area contributed by atoms with Crippen LogP contribution in [0.2, 0.25) is 0 Å². The molecule has 16 N–H and O–H groups in total. The highest BCUT2D eigenvalue weighted by molar-refractivity contribution is 6.33. The number of hydrogen-bond donors (Lipinski definition) is 8. The SMILES string of the molecule is Cc1c(N)c(N)c2c(c1N)c(N)c(N)c1c(N)c(C)c(N)c(N)c12. The lowest BCUT2D eigenvalue weighted by atomic mass is 9.90. The van der Waals surface area contributed by atoms with Gasteiger partial charge in [0.1, 0.15) is 0 Å². The normalized spacial score (nSPS) is 11.4. The molecule has 3 aromatic rings. The maximum Gasteiger partial charge on any atom is 0.0656 e. The fourth-order valence-electron chi connectivity index (χ4n) is 3.23. The Morgan fingerprint density at radius 2 is 0.583 bits per heavy atom. The zero-order valence-electron chi connectivity index (χ0n) is 13.6. The van der Waals surface area contributed by atoms with Crippen molar-refractivity contribution in [2.45, 2.75) is 13.8 Å². The number of benzene rings is 3. The fourth-order valence-corrected chi connectivity index (χ4v) is 3.23. The van der Waals surface area contributed by atoms with Crippen molar-refractivity contribution in [3.63, 3.8) is 0 Å². The number of hydrogen-bond acceptors (Lipinski definition) is 8. The molecule has 0 spiro atoms. The van der Waals surface area contributed by atoms with E-state index in [9.17, 15) is 0 Å². The van der Waals surface area contributed by atoms with Crippen molar-refractivity contribution in [1.29, 1.82) is 0 Å². The third kappa shape index (κ3) is 1.56. The van der Waals surface area contributed by atoms with Crippen molar-refractivity contribution in [2.24, 2.45) is 0 Å². The summed E-state index contributed by atoms with van der Waals surface area (Å²) in [4.78, 5) is 0. The van der Waals surface area contributed by atoms with Crippen LogP contribution in [-0.4, -0.2) is 0 Å². The van der Waals surface area contributed by atoms with Gasteiger partial charge in [-0.15, -0.1) is 0 Å². The van der Waals surface area contributed by atoms with Gasteiger partial charge >= 0.3 is 0 Å². The molecule has 126 valence electrons. The van der Waals surface area contributed by atoms with E-state index in [4.69, 9.17) is 45.9 Å². The van der Waals surface area contributed by atoms with E-state index in [1.165, 1.54) is 0 Å².